The van der Waals surface area contributed by atoms with Crippen molar-refractivity contribution in [3.63, 3.8) is 0 Å². The number of rotatable bonds is 3. The Morgan fingerprint density at radius 3 is 2.80 bits per heavy atom. The summed E-state index contributed by atoms with van der Waals surface area (Å²) >= 11 is 5.35. The number of nitrogens with one attached hydrogen (secondary N) is 1. The van der Waals surface area contributed by atoms with Crippen molar-refractivity contribution < 1.29 is 0 Å². The lowest BCUT2D eigenvalue weighted by Crippen LogP contribution is -2.40. The Balaban J connectivity index is 2.35. The van der Waals surface area contributed by atoms with Crippen molar-refractivity contribution >= 4 is 17.3 Å². The van der Waals surface area contributed by atoms with Gasteiger partial charge >= 0.3 is 0 Å². The van der Waals surface area contributed by atoms with E-state index >= 15 is 0 Å². The molecule has 1 N–H and O–H groups in total. The molecule has 0 aromatic rings. The van der Waals surface area contributed by atoms with E-state index in [-0.39, 0.29) is 0 Å². The van der Waals surface area contributed by atoms with E-state index in [0.717, 1.165) is 30.7 Å². The zero-order valence-electron chi connectivity index (χ0n) is 10.1. The van der Waals surface area contributed by atoms with E-state index in [4.69, 9.17) is 12.2 Å². The van der Waals surface area contributed by atoms with Crippen molar-refractivity contribution in [3.8, 4) is 0 Å². The lowest BCUT2D eigenvalue weighted by molar-refractivity contribution is 0.399. The van der Waals surface area contributed by atoms with Gasteiger partial charge in [-0.2, -0.15) is 0 Å². The fourth-order valence-corrected chi connectivity index (χ4v) is 2.66. The van der Waals surface area contributed by atoms with Crippen LogP contribution >= 0.6 is 12.2 Å². The summed E-state index contributed by atoms with van der Waals surface area (Å²) in [4.78, 5) is 2.34. The van der Waals surface area contributed by atoms with Crippen LogP contribution in [0.3, 0.4) is 0 Å². The molecule has 0 amide bonds. The summed E-state index contributed by atoms with van der Waals surface area (Å²) in [6.45, 7) is 7.62. The molecule has 15 heavy (non-hydrogen) atoms. The summed E-state index contributed by atoms with van der Waals surface area (Å²) < 4.78 is 0. The molecule has 0 saturated carbocycles. The maximum absolute atomic E-state index is 5.35. The Kier molecular flexibility index (Phi) is 5.99. The Morgan fingerprint density at radius 2 is 2.13 bits per heavy atom. The van der Waals surface area contributed by atoms with E-state index in [1.165, 1.54) is 32.1 Å². The van der Waals surface area contributed by atoms with Crippen LogP contribution in [0.1, 0.15) is 46.0 Å². The van der Waals surface area contributed by atoms with E-state index in [2.05, 4.69) is 24.1 Å². The van der Waals surface area contributed by atoms with Gasteiger partial charge in [-0.15, -0.1) is 0 Å². The molecule has 1 heterocycles. The quantitative estimate of drug-likeness (QED) is 0.748. The number of likely N-dealkylation sites (tertiary alicyclic amines) is 1. The van der Waals surface area contributed by atoms with Crippen LogP contribution in [0.5, 0.6) is 0 Å². The molecule has 0 aromatic heterocycles. The third-order valence-corrected chi connectivity index (χ3v) is 3.56. The van der Waals surface area contributed by atoms with Crippen molar-refractivity contribution in [2.75, 3.05) is 19.6 Å². The standard InChI is InChI=1S/C12H24N2S/c1-3-6-11-7-5-9-14(10-8-11)12(15)13-4-2/h11H,3-10H2,1-2H3,(H,13,15). The molecule has 0 radical (unpaired) electrons. The van der Waals surface area contributed by atoms with E-state index in [1.54, 1.807) is 0 Å². The molecule has 2 nitrogen and oxygen atoms in total. The predicted molar refractivity (Wildman–Crippen MR) is 70.1 cm³/mol. The summed E-state index contributed by atoms with van der Waals surface area (Å²) in [5.74, 6) is 0.935. The van der Waals surface area contributed by atoms with Crippen LogP contribution in [0.25, 0.3) is 0 Å². The predicted octanol–water partition coefficient (Wildman–Crippen LogP) is 2.78. The molecule has 0 aromatic carbocycles. The lowest BCUT2D eigenvalue weighted by atomic mass is 9.96. The minimum atomic E-state index is 0.935. The summed E-state index contributed by atoms with van der Waals surface area (Å²) in [5, 5.41) is 4.20. The number of hydrogen-bond donors (Lipinski definition) is 1. The molecule has 1 rings (SSSR count). The van der Waals surface area contributed by atoms with Crippen LogP contribution in [0.15, 0.2) is 0 Å². The first-order valence-electron chi connectivity index (χ1n) is 6.30. The second-order valence-electron chi connectivity index (χ2n) is 4.41. The first-order valence-corrected chi connectivity index (χ1v) is 6.71. The van der Waals surface area contributed by atoms with Gasteiger partial charge < -0.3 is 10.2 Å². The van der Waals surface area contributed by atoms with Gasteiger partial charge in [-0.3, -0.25) is 0 Å². The fraction of sp³-hybridized carbons (Fsp3) is 0.917. The Hall–Kier alpha value is -0.310. The first kappa shape index (κ1) is 12.8. The number of nitrogens with zero attached hydrogens (tertiary/aromatic N) is 1. The highest BCUT2D eigenvalue weighted by Gasteiger charge is 2.17. The highest BCUT2D eigenvalue weighted by Crippen LogP contribution is 2.21. The minimum absolute atomic E-state index is 0.935. The summed E-state index contributed by atoms with van der Waals surface area (Å²) in [6, 6.07) is 0. The Labute approximate surface area is 99.4 Å². The van der Waals surface area contributed by atoms with Gasteiger partial charge in [-0.25, -0.2) is 0 Å². The molecule has 0 aliphatic carbocycles. The second-order valence-corrected chi connectivity index (χ2v) is 4.79. The van der Waals surface area contributed by atoms with Crippen LogP contribution in [-0.2, 0) is 0 Å². The molecule has 1 aliphatic rings. The van der Waals surface area contributed by atoms with Gasteiger partial charge in [0.2, 0.25) is 0 Å². The second kappa shape index (κ2) is 7.04. The molecule has 3 heteroatoms. The number of thiocarbonyl (C=S) groups is 1. The number of hydrogen-bond acceptors (Lipinski definition) is 1. The SMILES string of the molecule is CCCC1CCCN(C(=S)NCC)CC1. The van der Waals surface area contributed by atoms with Gasteiger partial charge in [0.1, 0.15) is 0 Å². The molecule has 0 spiro atoms. The van der Waals surface area contributed by atoms with Crippen LogP contribution < -0.4 is 5.32 Å². The fourth-order valence-electron chi connectivity index (χ4n) is 2.33. The average Bonchev–Trinajstić information content (AvgIpc) is 2.44. The highest BCUT2D eigenvalue weighted by atomic mass is 32.1. The molecular weight excluding hydrogens is 204 g/mol. The van der Waals surface area contributed by atoms with Crippen molar-refractivity contribution in [1.82, 2.24) is 10.2 Å². The molecule has 1 fully saturated rings. The summed E-state index contributed by atoms with van der Waals surface area (Å²) in [7, 11) is 0. The Morgan fingerprint density at radius 1 is 1.33 bits per heavy atom. The van der Waals surface area contributed by atoms with Gasteiger partial charge in [0.15, 0.2) is 5.11 Å². The van der Waals surface area contributed by atoms with Crippen molar-refractivity contribution in [3.05, 3.63) is 0 Å². The molecule has 1 unspecified atom stereocenters. The third-order valence-electron chi connectivity index (χ3n) is 3.16. The minimum Gasteiger partial charge on any atom is -0.363 e. The molecule has 1 saturated heterocycles. The van der Waals surface area contributed by atoms with E-state index < -0.39 is 0 Å². The monoisotopic (exact) mass is 228 g/mol. The maximum atomic E-state index is 5.35. The van der Waals surface area contributed by atoms with E-state index in [1.807, 2.05) is 0 Å². The third kappa shape index (κ3) is 4.37. The van der Waals surface area contributed by atoms with E-state index in [9.17, 15) is 0 Å². The van der Waals surface area contributed by atoms with Gasteiger partial charge in [0, 0.05) is 19.6 Å². The van der Waals surface area contributed by atoms with Gasteiger partial charge in [-0.1, -0.05) is 19.8 Å². The van der Waals surface area contributed by atoms with Crippen LogP contribution in [-0.4, -0.2) is 29.6 Å². The van der Waals surface area contributed by atoms with Crippen molar-refractivity contribution in [2.24, 2.45) is 5.92 Å². The largest absolute Gasteiger partial charge is 0.363 e. The molecule has 88 valence electrons. The van der Waals surface area contributed by atoms with Gasteiger partial charge in [0.25, 0.3) is 0 Å². The lowest BCUT2D eigenvalue weighted by Gasteiger charge is -2.23. The Bertz CT molecular complexity index is 194. The van der Waals surface area contributed by atoms with Gasteiger partial charge in [-0.05, 0) is 44.3 Å². The zero-order chi connectivity index (χ0) is 11.1. The van der Waals surface area contributed by atoms with Crippen LogP contribution in [0, 0.1) is 5.92 Å². The molecular formula is C12H24N2S. The smallest absolute Gasteiger partial charge is 0.168 e. The topological polar surface area (TPSA) is 15.3 Å². The van der Waals surface area contributed by atoms with Crippen molar-refractivity contribution in [1.29, 1.82) is 0 Å². The molecule has 0 bridgehead atoms. The van der Waals surface area contributed by atoms with Crippen LogP contribution in [0.4, 0.5) is 0 Å². The average molecular weight is 228 g/mol. The van der Waals surface area contributed by atoms with E-state index in [0.29, 0.717) is 0 Å². The maximum Gasteiger partial charge on any atom is 0.168 e. The van der Waals surface area contributed by atoms with Crippen LogP contribution in [0.2, 0.25) is 0 Å². The zero-order valence-corrected chi connectivity index (χ0v) is 10.9. The van der Waals surface area contributed by atoms with Crippen molar-refractivity contribution in [2.45, 2.75) is 46.0 Å². The van der Waals surface area contributed by atoms with Gasteiger partial charge in [0.05, 0.1) is 0 Å². The summed E-state index contributed by atoms with van der Waals surface area (Å²) in [5.41, 5.74) is 0. The molecule has 1 atom stereocenters. The summed E-state index contributed by atoms with van der Waals surface area (Å²) in [6.07, 6.45) is 6.72. The normalized spacial score (nSPS) is 22.3. The molecule has 1 aliphatic heterocycles. The highest BCUT2D eigenvalue weighted by molar-refractivity contribution is 7.80. The first-order chi connectivity index (χ1) is 7.27.